The van der Waals surface area contributed by atoms with E-state index in [9.17, 15) is 4.79 Å². The maximum absolute atomic E-state index is 13.6. The van der Waals surface area contributed by atoms with Crippen molar-refractivity contribution in [2.45, 2.75) is 40.2 Å². The number of nitrogens with zero attached hydrogens (tertiary/aromatic N) is 3. The van der Waals surface area contributed by atoms with Gasteiger partial charge >= 0.3 is 0 Å². The number of amides is 1. The van der Waals surface area contributed by atoms with Gasteiger partial charge in [0, 0.05) is 18.0 Å². The quantitative estimate of drug-likeness (QED) is 0.297. The number of rotatable bonds is 8. The maximum atomic E-state index is 13.6. The summed E-state index contributed by atoms with van der Waals surface area (Å²) in [7, 11) is 0. The molecule has 1 amide bonds. The zero-order valence-electron chi connectivity index (χ0n) is 18.7. The van der Waals surface area contributed by atoms with Gasteiger partial charge in [-0.3, -0.25) is 14.7 Å². The van der Waals surface area contributed by atoms with Crippen molar-refractivity contribution in [3.05, 3.63) is 83.2 Å². The molecule has 0 fully saturated rings. The fraction of sp³-hybridized carbons (Fsp3) is 0.269. The third-order valence-electron chi connectivity index (χ3n) is 5.22. The van der Waals surface area contributed by atoms with Crippen molar-refractivity contribution < 1.29 is 9.53 Å². The molecule has 0 aliphatic rings. The van der Waals surface area contributed by atoms with Crippen molar-refractivity contribution >= 4 is 32.6 Å². The molecule has 5 nitrogen and oxygen atoms in total. The lowest BCUT2D eigenvalue weighted by atomic mass is 10.1. The normalized spacial score (nSPS) is 11.0. The summed E-state index contributed by atoms with van der Waals surface area (Å²) in [4.78, 5) is 24.4. The molecule has 0 radical (unpaired) electrons. The van der Waals surface area contributed by atoms with Crippen LogP contribution < -0.4 is 9.64 Å². The smallest absolute Gasteiger partial charge is 0.260 e. The number of fused-ring (bicyclic) bond motifs is 1. The van der Waals surface area contributed by atoms with Crippen LogP contribution in [0.5, 0.6) is 5.75 Å². The fourth-order valence-corrected chi connectivity index (χ4v) is 4.58. The van der Waals surface area contributed by atoms with Crippen molar-refractivity contribution in [1.29, 1.82) is 0 Å². The van der Waals surface area contributed by atoms with Crippen molar-refractivity contribution in [2.24, 2.45) is 0 Å². The Morgan fingerprint density at radius 2 is 1.94 bits per heavy atom. The third kappa shape index (κ3) is 4.97. The number of thiazole rings is 1. The summed E-state index contributed by atoms with van der Waals surface area (Å²) < 4.78 is 6.85. The monoisotopic (exact) mass is 445 g/mol. The van der Waals surface area contributed by atoms with Gasteiger partial charge in [0.2, 0.25) is 0 Å². The molecule has 4 rings (SSSR count). The Labute approximate surface area is 192 Å². The average molecular weight is 446 g/mol. The highest BCUT2D eigenvalue weighted by Crippen LogP contribution is 2.33. The van der Waals surface area contributed by atoms with Gasteiger partial charge in [-0.25, -0.2) is 4.98 Å². The lowest BCUT2D eigenvalue weighted by Gasteiger charge is -2.20. The lowest BCUT2D eigenvalue weighted by molar-refractivity contribution is 0.0985. The largest absolute Gasteiger partial charge is 0.494 e. The first kappa shape index (κ1) is 22.0. The summed E-state index contributed by atoms with van der Waals surface area (Å²) in [6, 6.07) is 15.4. The zero-order valence-corrected chi connectivity index (χ0v) is 19.5. The first-order chi connectivity index (χ1) is 15.5. The van der Waals surface area contributed by atoms with Gasteiger partial charge in [0.05, 0.1) is 23.4 Å². The molecule has 2 aromatic carbocycles. The molecule has 0 N–H and O–H groups in total. The van der Waals surface area contributed by atoms with E-state index in [4.69, 9.17) is 9.72 Å². The number of hydrogen-bond acceptors (Lipinski definition) is 5. The Hall–Kier alpha value is -3.25. The molecule has 0 bridgehead atoms. The van der Waals surface area contributed by atoms with Crippen molar-refractivity contribution in [3.8, 4) is 5.75 Å². The molecule has 0 saturated carbocycles. The number of anilines is 1. The van der Waals surface area contributed by atoms with Crippen LogP contribution >= 0.6 is 11.3 Å². The Kier molecular flexibility index (Phi) is 6.81. The molecule has 32 heavy (non-hydrogen) atoms. The van der Waals surface area contributed by atoms with E-state index in [-0.39, 0.29) is 5.91 Å². The summed E-state index contributed by atoms with van der Waals surface area (Å²) in [5, 5.41) is 0.686. The number of ether oxygens (including phenoxy) is 1. The topological polar surface area (TPSA) is 55.3 Å². The van der Waals surface area contributed by atoms with E-state index in [2.05, 4.69) is 37.9 Å². The zero-order chi connectivity index (χ0) is 22.5. The average Bonchev–Trinajstić information content (AvgIpc) is 3.22. The number of unbranched alkanes of at least 4 members (excludes halogenated alkanes) is 1. The van der Waals surface area contributed by atoms with Gasteiger partial charge in [0.15, 0.2) is 5.13 Å². The molecule has 6 heteroatoms. The molecule has 0 unspecified atom stereocenters. The van der Waals surface area contributed by atoms with Crippen molar-refractivity contribution in [3.63, 3.8) is 0 Å². The molecular weight excluding hydrogens is 418 g/mol. The van der Waals surface area contributed by atoms with Crippen LogP contribution in [-0.4, -0.2) is 22.5 Å². The Bertz CT molecular complexity index is 1200. The number of aromatic nitrogens is 2. The summed E-state index contributed by atoms with van der Waals surface area (Å²) in [6.07, 6.45) is 5.61. The number of carbonyl (C=O) groups excluding carboxylic acids is 1. The summed E-state index contributed by atoms with van der Waals surface area (Å²) in [5.74, 6) is 0.683. The van der Waals surface area contributed by atoms with Gasteiger partial charge in [-0.1, -0.05) is 36.8 Å². The first-order valence-corrected chi connectivity index (χ1v) is 11.7. The second kappa shape index (κ2) is 9.92. The van der Waals surface area contributed by atoms with Gasteiger partial charge in [-0.05, 0) is 73.4 Å². The van der Waals surface area contributed by atoms with Crippen molar-refractivity contribution in [2.75, 3.05) is 11.5 Å². The summed E-state index contributed by atoms with van der Waals surface area (Å²) in [6.45, 7) is 7.36. The third-order valence-corrected chi connectivity index (χ3v) is 6.45. The van der Waals surface area contributed by atoms with Gasteiger partial charge in [0.25, 0.3) is 5.91 Å². The van der Waals surface area contributed by atoms with Gasteiger partial charge in [-0.15, -0.1) is 0 Å². The van der Waals surface area contributed by atoms with E-state index in [1.165, 1.54) is 5.56 Å². The van der Waals surface area contributed by atoms with Crippen LogP contribution in [0.3, 0.4) is 0 Å². The molecule has 0 saturated heterocycles. The maximum Gasteiger partial charge on any atom is 0.260 e. The van der Waals surface area contributed by atoms with E-state index in [1.54, 1.807) is 28.6 Å². The fourth-order valence-electron chi connectivity index (χ4n) is 3.56. The second-order valence-electron chi connectivity index (χ2n) is 7.91. The Balaban J connectivity index is 1.66. The van der Waals surface area contributed by atoms with Crippen LogP contribution in [0.1, 0.15) is 46.8 Å². The molecule has 0 atom stereocenters. The Morgan fingerprint density at radius 3 is 2.66 bits per heavy atom. The van der Waals surface area contributed by atoms with Crippen LogP contribution in [-0.2, 0) is 6.54 Å². The van der Waals surface area contributed by atoms with E-state index in [0.29, 0.717) is 23.8 Å². The summed E-state index contributed by atoms with van der Waals surface area (Å²) in [5.41, 5.74) is 4.81. The number of aryl methyl sites for hydroxylation is 2. The van der Waals surface area contributed by atoms with E-state index in [0.717, 1.165) is 39.9 Å². The number of benzene rings is 2. The van der Waals surface area contributed by atoms with E-state index in [1.807, 2.05) is 36.4 Å². The minimum absolute atomic E-state index is 0.0950. The van der Waals surface area contributed by atoms with E-state index >= 15 is 0 Å². The van der Waals surface area contributed by atoms with Gasteiger partial charge in [-0.2, -0.15) is 0 Å². The molecular formula is C26H27N3O2S. The lowest BCUT2D eigenvalue weighted by Crippen LogP contribution is -2.30. The first-order valence-electron chi connectivity index (χ1n) is 10.9. The van der Waals surface area contributed by atoms with Crippen LogP contribution in [0.25, 0.3) is 10.2 Å². The van der Waals surface area contributed by atoms with Crippen LogP contribution in [0.4, 0.5) is 5.13 Å². The molecule has 0 aliphatic carbocycles. The molecule has 164 valence electrons. The van der Waals surface area contributed by atoms with Crippen LogP contribution in [0.15, 0.2) is 60.9 Å². The summed E-state index contributed by atoms with van der Waals surface area (Å²) >= 11 is 1.55. The minimum atomic E-state index is -0.0950. The predicted octanol–water partition coefficient (Wildman–Crippen LogP) is 6.33. The van der Waals surface area contributed by atoms with Crippen LogP contribution in [0.2, 0.25) is 0 Å². The molecule has 2 aromatic heterocycles. The standard InChI is InChI=1S/C26H27N3O2S/c1-4-5-13-31-22-10-8-21(9-11-22)25(30)29(17-20-7-6-12-27-16-20)26-28-23-15-18(2)14-19(3)24(23)32-26/h6-12,14-16H,4-5,13,17H2,1-3H3. The van der Waals surface area contributed by atoms with E-state index < -0.39 is 0 Å². The second-order valence-corrected chi connectivity index (χ2v) is 8.88. The molecule has 0 aliphatic heterocycles. The minimum Gasteiger partial charge on any atom is -0.494 e. The molecule has 4 aromatic rings. The molecule has 2 heterocycles. The molecule has 0 spiro atoms. The number of carbonyl (C=O) groups is 1. The highest BCUT2D eigenvalue weighted by atomic mass is 32.1. The van der Waals surface area contributed by atoms with Gasteiger partial charge < -0.3 is 4.74 Å². The van der Waals surface area contributed by atoms with Crippen molar-refractivity contribution in [1.82, 2.24) is 9.97 Å². The van der Waals surface area contributed by atoms with Gasteiger partial charge in [0.1, 0.15) is 5.75 Å². The van der Waals surface area contributed by atoms with Crippen LogP contribution in [0, 0.1) is 13.8 Å². The highest BCUT2D eigenvalue weighted by Gasteiger charge is 2.22. The highest BCUT2D eigenvalue weighted by molar-refractivity contribution is 7.22. The predicted molar refractivity (Wildman–Crippen MR) is 131 cm³/mol. The number of hydrogen-bond donors (Lipinski definition) is 0. The SMILES string of the molecule is CCCCOc1ccc(C(=O)N(Cc2cccnc2)c2nc3cc(C)cc(C)c3s2)cc1. The number of pyridine rings is 1. The Morgan fingerprint density at radius 1 is 1.12 bits per heavy atom.